The van der Waals surface area contributed by atoms with Gasteiger partial charge in [-0.2, -0.15) is 0 Å². The molecule has 0 bridgehead atoms. The Morgan fingerprint density at radius 3 is 2.42 bits per heavy atom. The second-order valence-electron chi connectivity index (χ2n) is 7.27. The Morgan fingerprint density at radius 2 is 1.88 bits per heavy atom. The first-order valence-corrected chi connectivity index (χ1v) is 9.07. The molecule has 0 fully saturated rings. The zero-order chi connectivity index (χ0) is 18.8. The summed E-state index contributed by atoms with van der Waals surface area (Å²) >= 11 is 0. The van der Waals surface area contributed by atoms with E-state index in [4.69, 9.17) is 15.2 Å². The van der Waals surface area contributed by atoms with Gasteiger partial charge in [0.1, 0.15) is 12.5 Å². The fourth-order valence-corrected chi connectivity index (χ4v) is 2.60. The molecule has 6 nitrogen and oxygen atoms in total. The maximum absolute atomic E-state index is 6.25. The van der Waals surface area contributed by atoms with Crippen molar-refractivity contribution in [2.24, 2.45) is 11.1 Å². The van der Waals surface area contributed by atoms with Crippen LogP contribution in [0.2, 0.25) is 0 Å². The van der Waals surface area contributed by atoms with Gasteiger partial charge in [0, 0.05) is 6.61 Å². The molecule has 1 atom stereocenters. The minimum atomic E-state index is -0.615. The van der Waals surface area contributed by atoms with Crippen molar-refractivity contribution < 1.29 is 9.47 Å². The highest BCUT2D eigenvalue weighted by molar-refractivity contribution is 4.98. The first kappa shape index (κ1) is 23.0. The molecule has 1 aromatic heterocycles. The van der Waals surface area contributed by atoms with E-state index < -0.39 is 5.72 Å². The van der Waals surface area contributed by atoms with Crippen molar-refractivity contribution in [1.29, 1.82) is 0 Å². The van der Waals surface area contributed by atoms with Gasteiger partial charge in [-0.3, -0.25) is 0 Å². The molecule has 2 N–H and O–H groups in total. The average molecular weight is 343 g/mol. The molecular weight excluding hydrogens is 304 g/mol. The average Bonchev–Trinajstić information content (AvgIpc) is 2.90. The molecular formula is C18H38N4O2. The van der Waals surface area contributed by atoms with Gasteiger partial charge < -0.3 is 15.2 Å². The van der Waals surface area contributed by atoms with Crippen LogP contribution in [-0.4, -0.2) is 33.4 Å². The summed E-state index contributed by atoms with van der Waals surface area (Å²) in [4.78, 5) is 0. The van der Waals surface area contributed by atoms with Crippen molar-refractivity contribution in [2.45, 2.75) is 93.2 Å². The Kier molecular flexibility index (Phi) is 10.4. The zero-order valence-electron chi connectivity index (χ0n) is 16.9. The van der Waals surface area contributed by atoms with Gasteiger partial charge in [0.2, 0.25) is 0 Å². The van der Waals surface area contributed by atoms with Crippen LogP contribution in [0.4, 0.5) is 0 Å². The molecule has 0 saturated carbocycles. The molecule has 0 amide bonds. The van der Waals surface area contributed by atoms with Crippen LogP contribution in [0, 0.1) is 5.41 Å². The Morgan fingerprint density at radius 1 is 1.25 bits per heavy atom. The van der Waals surface area contributed by atoms with E-state index in [0.29, 0.717) is 13.3 Å². The maximum Gasteiger partial charge on any atom is 0.141 e. The molecule has 1 rings (SSSR count). The summed E-state index contributed by atoms with van der Waals surface area (Å²) < 4.78 is 13.0. The van der Waals surface area contributed by atoms with Crippen molar-refractivity contribution in [2.75, 3.05) is 6.61 Å². The monoisotopic (exact) mass is 342 g/mol. The summed E-state index contributed by atoms with van der Waals surface area (Å²) in [7, 11) is 0. The first-order valence-electron chi connectivity index (χ1n) is 9.07. The minimum absolute atomic E-state index is 0.0169. The van der Waals surface area contributed by atoms with Crippen molar-refractivity contribution >= 4 is 0 Å². The van der Waals surface area contributed by atoms with Crippen LogP contribution in [0.3, 0.4) is 0 Å². The zero-order valence-corrected chi connectivity index (χ0v) is 16.9. The van der Waals surface area contributed by atoms with Crippen LogP contribution in [0.5, 0.6) is 0 Å². The topological polar surface area (TPSA) is 75.2 Å². The van der Waals surface area contributed by atoms with Gasteiger partial charge in [0.25, 0.3) is 0 Å². The number of hydrogen-bond acceptors (Lipinski definition) is 5. The van der Waals surface area contributed by atoms with Gasteiger partial charge in [-0.15, -0.1) is 5.10 Å². The van der Waals surface area contributed by atoms with Crippen LogP contribution < -0.4 is 5.73 Å². The van der Waals surface area contributed by atoms with E-state index in [2.05, 4.69) is 31.1 Å². The van der Waals surface area contributed by atoms with Crippen LogP contribution in [0.1, 0.15) is 73.9 Å². The first-order chi connectivity index (χ1) is 11.1. The third-order valence-corrected chi connectivity index (χ3v) is 3.25. The molecule has 0 aliphatic heterocycles. The molecule has 0 aliphatic rings. The molecule has 0 saturated heterocycles. The molecule has 1 aromatic rings. The largest absolute Gasteiger partial charge is 0.361 e. The Labute approximate surface area is 148 Å². The van der Waals surface area contributed by atoms with Crippen molar-refractivity contribution in [3.05, 3.63) is 11.9 Å². The van der Waals surface area contributed by atoms with E-state index >= 15 is 0 Å². The molecule has 1 unspecified atom stereocenters. The lowest BCUT2D eigenvalue weighted by molar-refractivity contribution is -0.0548. The molecule has 142 valence electrons. The predicted molar refractivity (Wildman–Crippen MR) is 98.5 cm³/mol. The van der Waals surface area contributed by atoms with Crippen LogP contribution >= 0.6 is 0 Å². The second-order valence-corrected chi connectivity index (χ2v) is 7.27. The number of nitrogens with two attached hydrogens (primary N) is 1. The highest BCUT2D eigenvalue weighted by Gasteiger charge is 2.30. The lowest BCUT2D eigenvalue weighted by atomic mass is 9.81. The van der Waals surface area contributed by atoms with E-state index in [-0.39, 0.29) is 11.5 Å². The molecule has 0 radical (unpaired) electrons. The SMILES string of the molecule is CC.CCCOC(C)(N)CC(C)(C)Cc1cn(COC(C)C)nn1. The Hall–Kier alpha value is -0.980. The number of rotatable bonds is 10. The summed E-state index contributed by atoms with van der Waals surface area (Å²) in [5.41, 5.74) is 6.56. The fraction of sp³-hybridized carbons (Fsp3) is 0.889. The van der Waals surface area contributed by atoms with Gasteiger partial charge in [-0.25, -0.2) is 4.68 Å². The number of nitrogens with zero attached hydrogens (tertiary/aromatic N) is 3. The predicted octanol–water partition coefficient (Wildman–Crippen LogP) is 3.75. The molecule has 6 heteroatoms. The fourth-order valence-electron chi connectivity index (χ4n) is 2.60. The van der Waals surface area contributed by atoms with Crippen molar-refractivity contribution in [3.8, 4) is 0 Å². The lowest BCUT2D eigenvalue weighted by Gasteiger charge is -2.34. The van der Waals surface area contributed by atoms with E-state index in [1.165, 1.54) is 0 Å². The maximum atomic E-state index is 6.25. The quantitative estimate of drug-likeness (QED) is 0.655. The Bertz CT molecular complexity index is 442. The third-order valence-electron chi connectivity index (χ3n) is 3.25. The van der Waals surface area contributed by atoms with Crippen LogP contribution in [0.25, 0.3) is 0 Å². The van der Waals surface area contributed by atoms with Gasteiger partial charge in [-0.05, 0) is 45.4 Å². The smallest absolute Gasteiger partial charge is 0.141 e. The Balaban J connectivity index is 0.00000254. The summed E-state index contributed by atoms with van der Waals surface area (Å²) in [5, 5.41) is 8.32. The molecule has 0 aromatic carbocycles. The van der Waals surface area contributed by atoms with Crippen molar-refractivity contribution in [3.63, 3.8) is 0 Å². The number of aromatic nitrogens is 3. The standard InChI is InChI=1S/C16H32N4O2.C2H6/c1-7-8-22-16(6,17)11-15(4,5)9-14-10-20(19-18-14)12-21-13(2)3;1-2/h10,13H,7-9,11-12,17H2,1-6H3;1-2H3. The minimum Gasteiger partial charge on any atom is -0.361 e. The highest BCUT2D eigenvalue weighted by atomic mass is 16.5. The molecule has 0 spiro atoms. The van der Waals surface area contributed by atoms with Gasteiger partial charge in [0.15, 0.2) is 0 Å². The third kappa shape index (κ3) is 10.0. The van der Waals surface area contributed by atoms with E-state index in [9.17, 15) is 0 Å². The summed E-state index contributed by atoms with van der Waals surface area (Å²) in [5.74, 6) is 0. The van der Waals surface area contributed by atoms with E-state index in [1.807, 2.05) is 40.8 Å². The molecule has 1 heterocycles. The molecule has 24 heavy (non-hydrogen) atoms. The summed E-state index contributed by atoms with van der Waals surface area (Å²) in [6.45, 7) is 17.5. The van der Waals surface area contributed by atoms with Gasteiger partial charge in [-0.1, -0.05) is 39.8 Å². The number of hydrogen-bond donors (Lipinski definition) is 1. The summed E-state index contributed by atoms with van der Waals surface area (Å²) in [6.07, 6.45) is 4.65. The van der Waals surface area contributed by atoms with Crippen LogP contribution in [-0.2, 0) is 22.6 Å². The van der Waals surface area contributed by atoms with Crippen LogP contribution in [0.15, 0.2) is 6.20 Å². The lowest BCUT2D eigenvalue weighted by Crippen LogP contribution is -2.44. The summed E-state index contributed by atoms with van der Waals surface area (Å²) in [6, 6.07) is 0. The molecule has 0 aliphatic carbocycles. The number of ether oxygens (including phenoxy) is 2. The van der Waals surface area contributed by atoms with Gasteiger partial charge in [0.05, 0.1) is 18.0 Å². The highest BCUT2D eigenvalue weighted by Crippen LogP contribution is 2.30. The normalized spacial score (nSPS) is 14.2. The second kappa shape index (κ2) is 10.8. The van der Waals surface area contributed by atoms with E-state index in [0.717, 1.165) is 25.0 Å². The van der Waals surface area contributed by atoms with E-state index in [1.54, 1.807) is 4.68 Å². The van der Waals surface area contributed by atoms with Gasteiger partial charge >= 0.3 is 0 Å². The van der Waals surface area contributed by atoms with Crippen molar-refractivity contribution in [1.82, 2.24) is 15.0 Å².